The van der Waals surface area contributed by atoms with Gasteiger partial charge in [0.1, 0.15) is 0 Å². The van der Waals surface area contributed by atoms with E-state index in [1.54, 1.807) is 0 Å². The maximum Gasteiger partial charge on any atom is 0.0836 e. The lowest BCUT2D eigenvalue weighted by atomic mass is 10.1. The zero-order valence-corrected chi connectivity index (χ0v) is 12.5. The van der Waals surface area contributed by atoms with Crippen molar-refractivity contribution in [1.82, 2.24) is 5.32 Å². The number of aryl methyl sites for hydroxylation is 1. The van der Waals surface area contributed by atoms with Crippen molar-refractivity contribution in [2.75, 3.05) is 18.4 Å². The topological polar surface area (TPSA) is 44.3 Å². The molecule has 18 heavy (non-hydrogen) atoms. The molecular weight excluding hydrogens is 248 g/mol. The summed E-state index contributed by atoms with van der Waals surface area (Å²) in [4.78, 5) is 0. The molecule has 1 atom stereocenters. The molecule has 1 unspecified atom stereocenters. The fraction of sp³-hybridized carbons (Fsp3) is 0.571. The number of rotatable bonds is 6. The molecule has 0 saturated carbocycles. The number of hydrogen-bond acceptors (Lipinski definition) is 3. The van der Waals surface area contributed by atoms with Crippen molar-refractivity contribution in [3.63, 3.8) is 0 Å². The molecule has 0 saturated heterocycles. The van der Waals surface area contributed by atoms with Gasteiger partial charge >= 0.3 is 0 Å². The lowest BCUT2D eigenvalue weighted by molar-refractivity contribution is 0.181. The van der Waals surface area contributed by atoms with E-state index in [9.17, 15) is 5.11 Å². The van der Waals surface area contributed by atoms with Gasteiger partial charge in [0.2, 0.25) is 0 Å². The fourth-order valence-corrected chi connectivity index (χ4v) is 1.61. The number of halogens is 1. The van der Waals surface area contributed by atoms with Gasteiger partial charge in [0.15, 0.2) is 0 Å². The van der Waals surface area contributed by atoms with E-state index in [4.69, 9.17) is 0 Å². The SMILES string of the molecule is Cc1cccc(NCC(O)CNC(C)C)c1C.Cl. The van der Waals surface area contributed by atoms with Crippen LogP contribution in [0.25, 0.3) is 0 Å². The summed E-state index contributed by atoms with van der Waals surface area (Å²) in [6.07, 6.45) is -0.364. The molecule has 0 radical (unpaired) electrons. The van der Waals surface area contributed by atoms with Crippen molar-refractivity contribution in [3.05, 3.63) is 29.3 Å². The highest BCUT2D eigenvalue weighted by molar-refractivity contribution is 5.85. The third kappa shape index (κ3) is 5.71. The third-order valence-electron chi connectivity index (χ3n) is 2.89. The molecular formula is C14H25ClN2O. The average molecular weight is 273 g/mol. The number of aliphatic hydroxyl groups excluding tert-OH is 1. The first-order chi connectivity index (χ1) is 8.00. The Morgan fingerprint density at radius 1 is 1.17 bits per heavy atom. The van der Waals surface area contributed by atoms with Gasteiger partial charge in [-0.2, -0.15) is 0 Å². The minimum Gasteiger partial charge on any atom is -0.390 e. The van der Waals surface area contributed by atoms with Crippen LogP contribution in [0.3, 0.4) is 0 Å². The number of anilines is 1. The summed E-state index contributed by atoms with van der Waals surface area (Å²) in [5, 5.41) is 16.3. The first-order valence-corrected chi connectivity index (χ1v) is 6.22. The Morgan fingerprint density at radius 3 is 2.44 bits per heavy atom. The summed E-state index contributed by atoms with van der Waals surface area (Å²) in [5.41, 5.74) is 3.62. The molecule has 4 heteroatoms. The molecule has 0 heterocycles. The number of nitrogens with one attached hydrogen (secondary N) is 2. The van der Waals surface area contributed by atoms with E-state index < -0.39 is 0 Å². The van der Waals surface area contributed by atoms with Crippen LogP contribution >= 0.6 is 12.4 Å². The van der Waals surface area contributed by atoms with Crippen LogP contribution in [0.5, 0.6) is 0 Å². The van der Waals surface area contributed by atoms with E-state index in [1.807, 2.05) is 12.1 Å². The fourth-order valence-electron chi connectivity index (χ4n) is 1.61. The number of aliphatic hydroxyl groups is 1. The Morgan fingerprint density at radius 2 is 1.83 bits per heavy atom. The molecule has 1 rings (SSSR count). The van der Waals surface area contributed by atoms with Crippen molar-refractivity contribution in [3.8, 4) is 0 Å². The molecule has 3 nitrogen and oxygen atoms in total. The Hall–Kier alpha value is -0.770. The second kappa shape index (κ2) is 8.35. The maximum absolute atomic E-state index is 9.79. The van der Waals surface area contributed by atoms with Gasteiger partial charge in [-0.3, -0.25) is 0 Å². The standard InChI is InChI=1S/C14H24N2O.ClH/c1-10(2)15-8-13(17)9-16-14-7-5-6-11(3)12(14)4;/h5-7,10,13,15-17H,8-9H2,1-4H3;1H. The molecule has 0 bridgehead atoms. The number of hydrogen-bond donors (Lipinski definition) is 3. The van der Waals surface area contributed by atoms with E-state index in [2.05, 4.69) is 44.4 Å². The largest absolute Gasteiger partial charge is 0.390 e. The van der Waals surface area contributed by atoms with Crippen LogP contribution in [0.2, 0.25) is 0 Å². The van der Waals surface area contributed by atoms with Gasteiger partial charge in [-0.1, -0.05) is 26.0 Å². The predicted octanol–water partition coefficient (Wildman–Crippen LogP) is 2.50. The Kier molecular flexibility index (Phi) is 8.00. The minimum absolute atomic E-state index is 0. The quantitative estimate of drug-likeness (QED) is 0.746. The van der Waals surface area contributed by atoms with Gasteiger partial charge in [-0.15, -0.1) is 12.4 Å². The second-order valence-electron chi connectivity index (χ2n) is 4.85. The van der Waals surface area contributed by atoms with E-state index in [0.29, 0.717) is 19.1 Å². The third-order valence-corrected chi connectivity index (χ3v) is 2.89. The molecule has 0 amide bonds. The van der Waals surface area contributed by atoms with Gasteiger partial charge in [0.05, 0.1) is 6.10 Å². The first kappa shape index (κ1) is 17.2. The van der Waals surface area contributed by atoms with E-state index >= 15 is 0 Å². The zero-order valence-electron chi connectivity index (χ0n) is 11.7. The lowest BCUT2D eigenvalue weighted by Gasteiger charge is -2.17. The lowest BCUT2D eigenvalue weighted by Crippen LogP contribution is -2.35. The first-order valence-electron chi connectivity index (χ1n) is 6.22. The van der Waals surface area contributed by atoms with E-state index in [-0.39, 0.29) is 18.5 Å². The van der Waals surface area contributed by atoms with Crippen LogP contribution in [0, 0.1) is 13.8 Å². The van der Waals surface area contributed by atoms with Crippen LogP contribution < -0.4 is 10.6 Å². The normalized spacial score (nSPS) is 12.1. The summed E-state index contributed by atoms with van der Waals surface area (Å²) >= 11 is 0. The summed E-state index contributed by atoms with van der Waals surface area (Å²) in [7, 11) is 0. The van der Waals surface area contributed by atoms with Gasteiger partial charge in [0.25, 0.3) is 0 Å². The minimum atomic E-state index is -0.364. The zero-order chi connectivity index (χ0) is 12.8. The molecule has 0 aliphatic carbocycles. The monoisotopic (exact) mass is 272 g/mol. The van der Waals surface area contributed by atoms with Crippen molar-refractivity contribution in [2.45, 2.75) is 39.8 Å². The van der Waals surface area contributed by atoms with Crippen molar-refractivity contribution in [2.24, 2.45) is 0 Å². The molecule has 0 fully saturated rings. The maximum atomic E-state index is 9.79. The summed E-state index contributed by atoms with van der Waals surface area (Å²) in [5.74, 6) is 0. The van der Waals surface area contributed by atoms with Gasteiger partial charge < -0.3 is 15.7 Å². The number of benzene rings is 1. The molecule has 0 aromatic heterocycles. The van der Waals surface area contributed by atoms with Crippen LogP contribution in [-0.2, 0) is 0 Å². The second-order valence-corrected chi connectivity index (χ2v) is 4.85. The van der Waals surface area contributed by atoms with E-state index in [0.717, 1.165) is 5.69 Å². The average Bonchev–Trinajstić information content (AvgIpc) is 2.28. The molecule has 0 spiro atoms. The molecule has 104 valence electrons. The van der Waals surface area contributed by atoms with Crippen molar-refractivity contribution in [1.29, 1.82) is 0 Å². The Bertz CT molecular complexity index is 356. The highest BCUT2D eigenvalue weighted by Crippen LogP contribution is 2.17. The molecule has 0 aliphatic rings. The molecule has 3 N–H and O–H groups in total. The molecule has 1 aromatic carbocycles. The van der Waals surface area contributed by atoms with Crippen LogP contribution in [0.1, 0.15) is 25.0 Å². The highest BCUT2D eigenvalue weighted by Gasteiger charge is 2.06. The predicted molar refractivity (Wildman–Crippen MR) is 80.8 cm³/mol. The summed E-state index contributed by atoms with van der Waals surface area (Å²) in [6, 6.07) is 6.58. The van der Waals surface area contributed by atoms with E-state index in [1.165, 1.54) is 11.1 Å². The Balaban J connectivity index is 0.00000289. The summed E-state index contributed by atoms with van der Waals surface area (Å²) in [6.45, 7) is 9.53. The van der Waals surface area contributed by atoms with Gasteiger partial charge in [-0.05, 0) is 31.0 Å². The summed E-state index contributed by atoms with van der Waals surface area (Å²) < 4.78 is 0. The van der Waals surface area contributed by atoms with Gasteiger partial charge in [0, 0.05) is 24.8 Å². The van der Waals surface area contributed by atoms with Crippen molar-refractivity contribution < 1.29 is 5.11 Å². The van der Waals surface area contributed by atoms with Crippen LogP contribution in [0.4, 0.5) is 5.69 Å². The van der Waals surface area contributed by atoms with Crippen LogP contribution in [-0.4, -0.2) is 30.3 Å². The molecule has 0 aliphatic heterocycles. The van der Waals surface area contributed by atoms with Gasteiger partial charge in [-0.25, -0.2) is 0 Å². The Labute approximate surface area is 116 Å². The highest BCUT2D eigenvalue weighted by atomic mass is 35.5. The molecule has 1 aromatic rings. The van der Waals surface area contributed by atoms with Crippen LogP contribution in [0.15, 0.2) is 18.2 Å². The smallest absolute Gasteiger partial charge is 0.0836 e. The van der Waals surface area contributed by atoms with Crippen molar-refractivity contribution >= 4 is 18.1 Å².